The van der Waals surface area contributed by atoms with Gasteiger partial charge in [-0.1, -0.05) is 20.8 Å². The van der Waals surface area contributed by atoms with Crippen LogP contribution >= 0.6 is 0 Å². The Morgan fingerprint density at radius 2 is 2.15 bits per heavy atom. The Morgan fingerprint density at radius 1 is 1.46 bits per heavy atom. The molecule has 0 fully saturated rings. The molecule has 13 heavy (non-hydrogen) atoms. The topological polar surface area (TPSA) is 50.9 Å². The van der Waals surface area contributed by atoms with Crippen LogP contribution in [0.4, 0.5) is 11.4 Å². The normalized spacial score (nSPS) is 11.3. The molecule has 0 aliphatic carbocycles. The second-order valence-corrected chi connectivity index (χ2v) is 4.38. The van der Waals surface area contributed by atoms with Crippen molar-refractivity contribution in [3.8, 4) is 0 Å². The standard InChI is InChI=1S/C10H17N3/c1-10(2,3)7-13-9-4-5-12-6-8(9)11/h4-6H,7,11H2,1-3H3,(H,12,13). The van der Waals surface area contributed by atoms with Crippen LogP contribution in [0, 0.1) is 5.41 Å². The summed E-state index contributed by atoms with van der Waals surface area (Å²) in [7, 11) is 0. The predicted molar refractivity (Wildman–Crippen MR) is 56.6 cm³/mol. The third-order valence-corrected chi connectivity index (χ3v) is 1.66. The van der Waals surface area contributed by atoms with Crippen molar-refractivity contribution in [2.75, 3.05) is 17.6 Å². The summed E-state index contributed by atoms with van der Waals surface area (Å²) in [6.45, 7) is 7.44. The Kier molecular flexibility index (Phi) is 2.76. The minimum atomic E-state index is 0.260. The van der Waals surface area contributed by atoms with Crippen LogP contribution in [0.2, 0.25) is 0 Å². The van der Waals surface area contributed by atoms with Gasteiger partial charge < -0.3 is 11.1 Å². The largest absolute Gasteiger partial charge is 0.396 e. The number of hydrogen-bond donors (Lipinski definition) is 2. The molecular formula is C10H17N3. The number of nitrogens with one attached hydrogen (secondary N) is 1. The molecular weight excluding hydrogens is 162 g/mol. The Balaban J connectivity index is 2.60. The van der Waals surface area contributed by atoms with Gasteiger partial charge in [-0.15, -0.1) is 0 Å². The zero-order valence-electron chi connectivity index (χ0n) is 8.46. The van der Waals surface area contributed by atoms with E-state index in [0.717, 1.165) is 12.2 Å². The van der Waals surface area contributed by atoms with Gasteiger partial charge in [-0.2, -0.15) is 0 Å². The third kappa shape index (κ3) is 3.32. The summed E-state index contributed by atoms with van der Waals surface area (Å²) in [5.74, 6) is 0. The van der Waals surface area contributed by atoms with Crippen LogP contribution in [0.15, 0.2) is 18.5 Å². The molecule has 0 radical (unpaired) electrons. The molecule has 0 spiro atoms. The lowest BCUT2D eigenvalue weighted by Crippen LogP contribution is -2.19. The molecule has 0 unspecified atom stereocenters. The van der Waals surface area contributed by atoms with Crippen molar-refractivity contribution in [1.82, 2.24) is 4.98 Å². The first kappa shape index (κ1) is 9.84. The van der Waals surface area contributed by atoms with Gasteiger partial charge in [-0.3, -0.25) is 4.98 Å². The zero-order chi connectivity index (χ0) is 9.90. The second-order valence-electron chi connectivity index (χ2n) is 4.38. The van der Waals surface area contributed by atoms with Crippen LogP contribution < -0.4 is 11.1 Å². The maximum atomic E-state index is 5.72. The van der Waals surface area contributed by atoms with Gasteiger partial charge in [0.2, 0.25) is 0 Å². The van der Waals surface area contributed by atoms with E-state index in [4.69, 9.17) is 5.73 Å². The van der Waals surface area contributed by atoms with Crippen LogP contribution in [0.1, 0.15) is 20.8 Å². The molecule has 1 rings (SSSR count). The molecule has 0 bridgehead atoms. The van der Waals surface area contributed by atoms with Crippen molar-refractivity contribution in [1.29, 1.82) is 0 Å². The van der Waals surface area contributed by atoms with Crippen molar-refractivity contribution < 1.29 is 0 Å². The summed E-state index contributed by atoms with van der Waals surface area (Å²) in [4.78, 5) is 3.92. The van der Waals surface area contributed by atoms with Gasteiger partial charge in [-0.05, 0) is 11.5 Å². The highest BCUT2D eigenvalue weighted by molar-refractivity contribution is 5.64. The third-order valence-electron chi connectivity index (χ3n) is 1.66. The average Bonchev–Trinajstić information content (AvgIpc) is 2.01. The van der Waals surface area contributed by atoms with Crippen LogP contribution in [0.5, 0.6) is 0 Å². The number of aromatic nitrogens is 1. The highest BCUT2D eigenvalue weighted by Gasteiger charge is 2.09. The van der Waals surface area contributed by atoms with E-state index in [2.05, 4.69) is 31.1 Å². The van der Waals surface area contributed by atoms with Gasteiger partial charge in [0.25, 0.3) is 0 Å². The molecule has 0 aliphatic rings. The SMILES string of the molecule is CC(C)(C)CNc1ccncc1N. The zero-order valence-corrected chi connectivity index (χ0v) is 8.46. The fourth-order valence-corrected chi connectivity index (χ4v) is 0.928. The predicted octanol–water partition coefficient (Wildman–Crippen LogP) is 2.12. The molecule has 3 nitrogen and oxygen atoms in total. The Hall–Kier alpha value is -1.25. The highest BCUT2D eigenvalue weighted by Crippen LogP contribution is 2.19. The molecule has 0 amide bonds. The van der Waals surface area contributed by atoms with Gasteiger partial charge in [0.05, 0.1) is 17.6 Å². The number of hydrogen-bond acceptors (Lipinski definition) is 3. The number of nitrogen functional groups attached to an aromatic ring is 1. The number of nitrogens with zero attached hydrogens (tertiary/aromatic N) is 1. The number of anilines is 2. The smallest absolute Gasteiger partial charge is 0.0736 e. The molecule has 0 saturated heterocycles. The van der Waals surface area contributed by atoms with Crippen molar-refractivity contribution >= 4 is 11.4 Å². The van der Waals surface area contributed by atoms with E-state index in [1.54, 1.807) is 12.4 Å². The summed E-state index contributed by atoms with van der Waals surface area (Å²) < 4.78 is 0. The monoisotopic (exact) mass is 179 g/mol. The maximum absolute atomic E-state index is 5.72. The molecule has 3 N–H and O–H groups in total. The van der Waals surface area contributed by atoms with E-state index in [1.165, 1.54) is 0 Å². The highest BCUT2D eigenvalue weighted by atomic mass is 14.9. The first-order valence-electron chi connectivity index (χ1n) is 4.42. The van der Waals surface area contributed by atoms with Gasteiger partial charge in [0, 0.05) is 12.7 Å². The van der Waals surface area contributed by atoms with Crippen LogP contribution in [0.25, 0.3) is 0 Å². The molecule has 1 heterocycles. The van der Waals surface area contributed by atoms with E-state index in [1.807, 2.05) is 6.07 Å². The summed E-state index contributed by atoms with van der Waals surface area (Å²) in [6, 6.07) is 1.89. The van der Waals surface area contributed by atoms with E-state index in [-0.39, 0.29) is 5.41 Å². The van der Waals surface area contributed by atoms with Gasteiger partial charge in [0.15, 0.2) is 0 Å². The van der Waals surface area contributed by atoms with Gasteiger partial charge in [0.1, 0.15) is 0 Å². The lowest BCUT2D eigenvalue weighted by Gasteiger charge is -2.20. The Bertz CT molecular complexity index is 276. The summed E-state index contributed by atoms with van der Waals surface area (Å²) in [6.07, 6.45) is 3.40. The van der Waals surface area contributed by atoms with E-state index in [0.29, 0.717) is 5.69 Å². The Morgan fingerprint density at radius 3 is 2.69 bits per heavy atom. The summed E-state index contributed by atoms with van der Waals surface area (Å²) >= 11 is 0. The molecule has 0 saturated carbocycles. The summed E-state index contributed by atoms with van der Waals surface area (Å²) in [5, 5.41) is 3.29. The number of nitrogens with two attached hydrogens (primary N) is 1. The first-order chi connectivity index (χ1) is 5.99. The molecule has 0 aromatic carbocycles. The minimum Gasteiger partial charge on any atom is -0.396 e. The number of pyridine rings is 1. The molecule has 0 atom stereocenters. The summed E-state index contributed by atoms with van der Waals surface area (Å²) in [5.41, 5.74) is 7.65. The molecule has 0 aliphatic heterocycles. The van der Waals surface area contributed by atoms with Crippen LogP contribution in [0.3, 0.4) is 0 Å². The number of rotatable bonds is 2. The molecule has 1 aromatic rings. The fraction of sp³-hybridized carbons (Fsp3) is 0.500. The molecule has 1 aromatic heterocycles. The molecule has 72 valence electrons. The lowest BCUT2D eigenvalue weighted by molar-refractivity contribution is 0.443. The lowest BCUT2D eigenvalue weighted by atomic mass is 9.97. The minimum absolute atomic E-state index is 0.260. The van der Waals surface area contributed by atoms with Crippen molar-refractivity contribution in [2.45, 2.75) is 20.8 Å². The van der Waals surface area contributed by atoms with E-state index in [9.17, 15) is 0 Å². The van der Waals surface area contributed by atoms with Crippen LogP contribution in [-0.2, 0) is 0 Å². The molecule has 3 heteroatoms. The van der Waals surface area contributed by atoms with Crippen molar-refractivity contribution in [2.24, 2.45) is 5.41 Å². The average molecular weight is 179 g/mol. The van der Waals surface area contributed by atoms with E-state index < -0.39 is 0 Å². The second kappa shape index (κ2) is 3.64. The van der Waals surface area contributed by atoms with Crippen molar-refractivity contribution in [3.05, 3.63) is 18.5 Å². The van der Waals surface area contributed by atoms with Gasteiger partial charge in [-0.25, -0.2) is 0 Å². The first-order valence-corrected chi connectivity index (χ1v) is 4.42. The van der Waals surface area contributed by atoms with Gasteiger partial charge >= 0.3 is 0 Å². The van der Waals surface area contributed by atoms with Crippen LogP contribution in [-0.4, -0.2) is 11.5 Å². The quantitative estimate of drug-likeness (QED) is 0.731. The maximum Gasteiger partial charge on any atom is 0.0736 e. The Labute approximate surface area is 79.4 Å². The van der Waals surface area contributed by atoms with E-state index >= 15 is 0 Å². The van der Waals surface area contributed by atoms with Crippen molar-refractivity contribution in [3.63, 3.8) is 0 Å². The fourth-order valence-electron chi connectivity index (χ4n) is 0.928.